The van der Waals surface area contributed by atoms with Gasteiger partial charge in [0, 0.05) is 28.4 Å². The van der Waals surface area contributed by atoms with Crippen molar-refractivity contribution >= 4 is 29.3 Å². The minimum Gasteiger partial charge on any atom is -0.545 e. The van der Waals surface area contributed by atoms with Gasteiger partial charge in [0.25, 0.3) is 0 Å². The molecule has 0 atom stereocenters. The Morgan fingerprint density at radius 2 is 1.87 bits per heavy atom. The molecule has 1 heterocycles. The third-order valence-corrected chi connectivity index (χ3v) is 4.97. The van der Waals surface area contributed by atoms with Gasteiger partial charge in [0.2, 0.25) is 0 Å². The van der Waals surface area contributed by atoms with E-state index in [0.717, 1.165) is 34.3 Å². The summed E-state index contributed by atoms with van der Waals surface area (Å²) in [5, 5.41) is 11.1. The van der Waals surface area contributed by atoms with E-state index < -0.39 is 5.97 Å². The second-order valence-corrected chi connectivity index (χ2v) is 6.26. The molecule has 4 nitrogen and oxygen atoms in total. The Morgan fingerprint density at radius 3 is 2.57 bits per heavy atom. The highest BCUT2D eigenvalue weighted by Gasteiger charge is 2.20. The number of aromatic carboxylic acids is 1. The van der Waals surface area contributed by atoms with E-state index in [2.05, 4.69) is 30.9 Å². The number of amidine groups is 1. The lowest BCUT2D eigenvalue weighted by atomic mass is 10.1. The first kappa shape index (κ1) is 15.6. The third-order valence-electron chi connectivity index (χ3n) is 3.83. The first-order valence-electron chi connectivity index (χ1n) is 7.60. The summed E-state index contributed by atoms with van der Waals surface area (Å²) in [4.78, 5) is 20.2. The topological polar surface area (TPSA) is 55.7 Å². The molecule has 2 aromatic carbocycles. The van der Waals surface area contributed by atoms with Gasteiger partial charge in [-0.05, 0) is 37.6 Å². The highest BCUT2D eigenvalue weighted by atomic mass is 32.2. The van der Waals surface area contributed by atoms with E-state index in [1.165, 1.54) is 0 Å². The summed E-state index contributed by atoms with van der Waals surface area (Å²) in [5.41, 5.74) is 1.90. The molecule has 1 aliphatic rings. The maximum atomic E-state index is 11.1. The first-order valence-corrected chi connectivity index (χ1v) is 8.42. The largest absolute Gasteiger partial charge is 0.545 e. The zero-order chi connectivity index (χ0) is 16.4. The van der Waals surface area contributed by atoms with Gasteiger partial charge in [-0.3, -0.25) is 0 Å². The highest BCUT2D eigenvalue weighted by molar-refractivity contribution is 7.99. The van der Waals surface area contributed by atoms with Crippen LogP contribution >= 0.6 is 11.8 Å². The molecule has 0 N–H and O–H groups in total. The molecular formula is C18H17N2O2S-. The van der Waals surface area contributed by atoms with Gasteiger partial charge < -0.3 is 14.8 Å². The van der Waals surface area contributed by atoms with Crippen LogP contribution in [0.15, 0.2) is 57.2 Å². The Labute approximate surface area is 139 Å². The van der Waals surface area contributed by atoms with Crippen LogP contribution in [-0.4, -0.2) is 29.8 Å². The molecule has 0 bridgehead atoms. The highest BCUT2D eigenvalue weighted by Crippen LogP contribution is 2.41. The van der Waals surface area contributed by atoms with Crippen molar-refractivity contribution in [1.82, 2.24) is 4.90 Å². The molecule has 1 aliphatic heterocycles. The molecule has 3 rings (SSSR count). The van der Waals surface area contributed by atoms with Gasteiger partial charge in [-0.15, -0.1) is 0 Å². The van der Waals surface area contributed by atoms with Crippen LogP contribution in [0.1, 0.15) is 29.8 Å². The van der Waals surface area contributed by atoms with Crippen molar-refractivity contribution in [1.29, 1.82) is 0 Å². The first-order chi connectivity index (χ1) is 11.1. The number of benzene rings is 2. The van der Waals surface area contributed by atoms with Gasteiger partial charge >= 0.3 is 0 Å². The Kier molecular flexibility index (Phi) is 4.39. The number of aliphatic imine (C=N–C) groups is 1. The average Bonchev–Trinajstić information content (AvgIpc) is 2.72. The number of rotatable bonds is 3. The van der Waals surface area contributed by atoms with Crippen LogP contribution < -0.4 is 5.11 Å². The molecule has 0 fully saturated rings. The second-order valence-electron chi connectivity index (χ2n) is 5.18. The van der Waals surface area contributed by atoms with Crippen LogP contribution in [0.25, 0.3) is 0 Å². The normalized spacial score (nSPS) is 12.7. The van der Waals surface area contributed by atoms with Crippen LogP contribution in [-0.2, 0) is 0 Å². The zero-order valence-electron chi connectivity index (χ0n) is 13.1. The number of fused-ring (bicyclic) bond motifs is 2. The molecule has 0 saturated carbocycles. The van der Waals surface area contributed by atoms with Gasteiger partial charge in [-0.2, -0.15) is 0 Å². The number of carboxylic acid groups (broad SMARTS) is 1. The monoisotopic (exact) mass is 325 g/mol. The van der Waals surface area contributed by atoms with Crippen molar-refractivity contribution in [3.63, 3.8) is 0 Å². The van der Waals surface area contributed by atoms with Crippen LogP contribution in [0.2, 0.25) is 0 Å². The fourth-order valence-electron chi connectivity index (χ4n) is 2.62. The van der Waals surface area contributed by atoms with Crippen molar-refractivity contribution in [3.05, 3.63) is 53.6 Å². The number of carboxylic acids is 1. The summed E-state index contributed by atoms with van der Waals surface area (Å²) in [7, 11) is 0. The lowest BCUT2D eigenvalue weighted by Gasteiger charge is -2.23. The van der Waals surface area contributed by atoms with Crippen molar-refractivity contribution < 1.29 is 9.90 Å². The molecule has 0 radical (unpaired) electrons. The van der Waals surface area contributed by atoms with Crippen LogP contribution in [0.5, 0.6) is 0 Å². The number of hydrogen-bond acceptors (Lipinski definition) is 5. The summed E-state index contributed by atoms with van der Waals surface area (Å²) in [6.45, 7) is 5.85. The second kappa shape index (κ2) is 6.46. The molecule has 118 valence electrons. The quantitative estimate of drug-likeness (QED) is 0.870. The van der Waals surface area contributed by atoms with E-state index in [-0.39, 0.29) is 5.56 Å². The van der Waals surface area contributed by atoms with Crippen molar-refractivity contribution in [2.45, 2.75) is 23.6 Å². The molecule has 0 aliphatic carbocycles. The Bertz CT molecular complexity index is 782. The number of carbonyl (C=O) groups is 1. The van der Waals surface area contributed by atoms with Crippen LogP contribution in [0, 0.1) is 0 Å². The average molecular weight is 325 g/mol. The lowest BCUT2D eigenvalue weighted by molar-refractivity contribution is -0.255. The summed E-state index contributed by atoms with van der Waals surface area (Å²) in [6.07, 6.45) is 0. The summed E-state index contributed by atoms with van der Waals surface area (Å²) >= 11 is 1.61. The molecule has 0 amide bonds. The van der Waals surface area contributed by atoms with Crippen LogP contribution in [0.3, 0.4) is 0 Å². The Balaban J connectivity index is 2.22. The predicted octanol–water partition coefficient (Wildman–Crippen LogP) is 2.93. The fraction of sp³-hybridized carbons (Fsp3) is 0.222. The fourth-order valence-corrected chi connectivity index (χ4v) is 3.61. The van der Waals surface area contributed by atoms with E-state index in [0.29, 0.717) is 5.69 Å². The van der Waals surface area contributed by atoms with Crippen molar-refractivity contribution in [2.75, 3.05) is 13.1 Å². The van der Waals surface area contributed by atoms with E-state index in [1.54, 1.807) is 30.0 Å². The zero-order valence-corrected chi connectivity index (χ0v) is 13.9. The smallest absolute Gasteiger partial charge is 0.137 e. The SMILES string of the molecule is CCN(CC)C1=Nc2cc(C(=O)[O-])ccc2Sc2ccccc21. The molecule has 0 aromatic heterocycles. The van der Waals surface area contributed by atoms with E-state index in [9.17, 15) is 9.90 Å². The Hall–Kier alpha value is -2.27. The molecule has 0 spiro atoms. The van der Waals surface area contributed by atoms with Crippen molar-refractivity contribution in [3.8, 4) is 0 Å². The standard InChI is InChI=1S/C18H18N2O2S/c1-3-20(4-2)17-13-7-5-6-8-15(13)23-16-10-9-12(18(21)22)11-14(16)19-17/h5-11H,3-4H2,1-2H3,(H,21,22)/p-1. The van der Waals surface area contributed by atoms with E-state index in [1.807, 2.05) is 12.1 Å². The van der Waals surface area contributed by atoms with Gasteiger partial charge in [0.1, 0.15) is 5.84 Å². The summed E-state index contributed by atoms with van der Waals surface area (Å²) in [6, 6.07) is 13.1. The minimum absolute atomic E-state index is 0.151. The Morgan fingerprint density at radius 1 is 1.13 bits per heavy atom. The van der Waals surface area contributed by atoms with Gasteiger partial charge in [0.15, 0.2) is 0 Å². The van der Waals surface area contributed by atoms with Crippen molar-refractivity contribution in [2.24, 2.45) is 4.99 Å². The molecular weight excluding hydrogens is 308 g/mol. The summed E-state index contributed by atoms with van der Waals surface area (Å²) < 4.78 is 0. The van der Waals surface area contributed by atoms with Gasteiger partial charge in [0.05, 0.1) is 11.7 Å². The van der Waals surface area contributed by atoms with E-state index >= 15 is 0 Å². The molecule has 0 saturated heterocycles. The molecule has 5 heteroatoms. The molecule has 2 aromatic rings. The molecule has 0 unspecified atom stereocenters. The minimum atomic E-state index is -1.18. The molecule has 23 heavy (non-hydrogen) atoms. The van der Waals surface area contributed by atoms with Crippen LogP contribution in [0.4, 0.5) is 5.69 Å². The third kappa shape index (κ3) is 2.97. The van der Waals surface area contributed by atoms with E-state index in [4.69, 9.17) is 4.99 Å². The predicted molar refractivity (Wildman–Crippen MR) is 90.5 cm³/mol. The maximum Gasteiger partial charge on any atom is 0.137 e. The lowest BCUT2D eigenvalue weighted by Crippen LogP contribution is -2.31. The number of nitrogens with zero attached hydrogens (tertiary/aromatic N) is 2. The maximum absolute atomic E-state index is 11.1. The number of carbonyl (C=O) groups excluding carboxylic acids is 1. The number of hydrogen-bond donors (Lipinski definition) is 0. The summed E-state index contributed by atoms with van der Waals surface area (Å²) in [5.74, 6) is -0.300. The van der Waals surface area contributed by atoms with Gasteiger partial charge in [-0.25, -0.2) is 4.99 Å². The van der Waals surface area contributed by atoms with Gasteiger partial charge in [-0.1, -0.05) is 36.0 Å².